The predicted octanol–water partition coefficient (Wildman–Crippen LogP) is 3.49. The Morgan fingerprint density at radius 1 is 1.21 bits per heavy atom. The highest BCUT2D eigenvalue weighted by atomic mass is 19.1. The number of aromatic nitrogens is 4. The number of carbonyl (C=O) groups is 1. The van der Waals surface area contributed by atoms with Crippen LogP contribution < -0.4 is 25.2 Å². The maximum Gasteiger partial charge on any atom is 0.349 e. The van der Waals surface area contributed by atoms with E-state index in [1.807, 2.05) is 31.2 Å². The van der Waals surface area contributed by atoms with Crippen molar-refractivity contribution in [3.63, 3.8) is 0 Å². The summed E-state index contributed by atoms with van der Waals surface area (Å²) in [6.45, 7) is 4.22. The van der Waals surface area contributed by atoms with Crippen molar-refractivity contribution in [3.05, 3.63) is 81.4 Å². The third-order valence-corrected chi connectivity index (χ3v) is 5.98. The van der Waals surface area contributed by atoms with Crippen LogP contribution in [0.3, 0.4) is 0 Å². The van der Waals surface area contributed by atoms with Gasteiger partial charge in [0.15, 0.2) is 23.2 Å². The lowest BCUT2D eigenvalue weighted by molar-refractivity contribution is 0.0526. The number of H-pyrrole nitrogens is 2. The van der Waals surface area contributed by atoms with Crippen LogP contribution in [0.15, 0.2) is 47.4 Å². The molecule has 3 N–H and O–H groups in total. The summed E-state index contributed by atoms with van der Waals surface area (Å²) in [5.74, 6) is -0.759. The highest BCUT2D eigenvalue weighted by Gasteiger charge is 2.31. The van der Waals surface area contributed by atoms with Gasteiger partial charge >= 0.3 is 11.7 Å². The van der Waals surface area contributed by atoms with E-state index in [0.29, 0.717) is 5.69 Å². The summed E-state index contributed by atoms with van der Waals surface area (Å²) in [6.07, 6.45) is 1.50. The van der Waals surface area contributed by atoms with E-state index in [-0.39, 0.29) is 59.8 Å². The first-order valence-electron chi connectivity index (χ1n) is 11.9. The third kappa shape index (κ3) is 4.56. The number of aromatic amines is 2. The van der Waals surface area contributed by atoms with Gasteiger partial charge < -0.3 is 29.2 Å². The van der Waals surface area contributed by atoms with Crippen molar-refractivity contribution in [3.8, 4) is 23.1 Å². The van der Waals surface area contributed by atoms with Crippen LogP contribution in [-0.4, -0.2) is 52.6 Å². The highest BCUT2D eigenvalue weighted by Crippen LogP contribution is 2.45. The van der Waals surface area contributed by atoms with E-state index in [9.17, 15) is 9.59 Å². The number of ether oxygens (including phenoxy) is 4. The SMILES string of the molecule is CCOC(=O)c1cc[nH]c1-n1nc(C(Nc2ccc(C)cc2)c2cc(OC)c3c(c2F)OCCO3)[nH]c1=O. The number of fused-ring (bicyclic) bond motifs is 1. The molecule has 0 radical (unpaired) electrons. The number of aryl methyl sites for hydroxylation is 1. The molecule has 2 aromatic carbocycles. The van der Waals surface area contributed by atoms with Gasteiger partial charge in [-0.1, -0.05) is 17.7 Å². The summed E-state index contributed by atoms with van der Waals surface area (Å²) < 4.78 is 38.6. The summed E-state index contributed by atoms with van der Waals surface area (Å²) in [6, 6.07) is 9.42. The molecule has 4 aromatic rings. The van der Waals surface area contributed by atoms with E-state index in [0.717, 1.165) is 10.2 Å². The lowest BCUT2D eigenvalue weighted by Crippen LogP contribution is -2.21. The minimum absolute atomic E-state index is 0.0811. The monoisotopic (exact) mass is 523 g/mol. The van der Waals surface area contributed by atoms with Gasteiger partial charge in [-0.3, -0.25) is 4.98 Å². The molecule has 0 aliphatic carbocycles. The van der Waals surface area contributed by atoms with Gasteiger partial charge in [0.1, 0.15) is 24.8 Å². The van der Waals surface area contributed by atoms with Crippen LogP contribution in [0.5, 0.6) is 17.2 Å². The fraction of sp³-hybridized carbons (Fsp3) is 0.269. The Balaban J connectivity index is 1.64. The Bertz CT molecular complexity index is 1520. The molecule has 0 bridgehead atoms. The molecular weight excluding hydrogens is 497 g/mol. The molecule has 1 aliphatic rings. The Kier molecular flexibility index (Phi) is 6.77. The zero-order valence-electron chi connectivity index (χ0n) is 21.0. The Morgan fingerprint density at radius 3 is 2.66 bits per heavy atom. The van der Waals surface area contributed by atoms with Gasteiger partial charge in [0.05, 0.1) is 13.7 Å². The number of nitrogens with one attached hydrogen (secondary N) is 3. The summed E-state index contributed by atoms with van der Waals surface area (Å²) in [5, 5.41) is 7.66. The van der Waals surface area contributed by atoms with Crippen molar-refractivity contribution < 1.29 is 28.1 Å². The van der Waals surface area contributed by atoms with Crippen LogP contribution >= 0.6 is 0 Å². The maximum atomic E-state index is 15.9. The zero-order chi connectivity index (χ0) is 26.8. The van der Waals surface area contributed by atoms with E-state index >= 15 is 4.39 Å². The summed E-state index contributed by atoms with van der Waals surface area (Å²) in [4.78, 5) is 31.0. The quantitative estimate of drug-likeness (QED) is 0.299. The number of esters is 1. The van der Waals surface area contributed by atoms with E-state index < -0.39 is 23.5 Å². The highest BCUT2D eigenvalue weighted by molar-refractivity contribution is 5.92. The van der Waals surface area contributed by atoms with E-state index in [4.69, 9.17) is 18.9 Å². The number of nitrogens with zero attached hydrogens (tertiary/aromatic N) is 2. The normalized spacial score (nSPS) is 13.2. The molecule has 5 rings (SSSR count). The molecule has 12 heteroatoms. The molecule has 0 amide bonds. The minimum atomic E-state index is -0.989. The van der Waals surface area contributed by atoms with Crippen molar-refractivity contribution >= 4 is 11.7 Å². The van der Waals surface area contributed by atoms with E-state index in [2.05, 4.69) is 20.4 Å². The van der Waals surface area contributed by atoms with Gasteiger partial charge in [-0.05, 0) is 38.1 Å². The fourth-order valence-corrected chi connectivity index (χ4v) is 4.17. The lowest BCUT2D eigenvalue weighted by atomic mass is 10.0. The molecular formula is C26H26FN5O6. The molecule has 2 aromatic heterocycles. The second-order valence-corrected chi connectivity index (χ2v) is 8.47. The molecule has 3 heterocycles. The van der Waals surface area contributed by atoms with Crippen molar-refractivity contribution in [2.24, 2.45) is 0 Å². The molecule has 0 spiro atoms. The lowest BCUT2D eigenvalue weighted by Gasteiger charge is -2.25. The van der Waals surface area contributed by atoms with Crippen LogP contribution in [-0.2, 0) is 4.74 Å². The number of methoxy groups -OCH3 is 1. The summed E-state index contributed by atoms with van der Waals surface area (Å²) in [7, 11) is 1.44. The van der Waals surface area contributed by atoms with Crippen molar-refractivity contribution in [2.45, 2.75) is 19.9 Å². The fourth-order valence-electron chi connectivity index (χ4n) is 4.17. The Hall–Kier alpha value is -4.74. The number of rotatable bonds is 8. The van der Waals surface area contributed by atoms with Gasteiger partial charge in [-0.15, -0.1) is 5.10 Å². The smallest absolute Gasteiger partial charge is 0.349 e. The topological polar surface area (TPSA) is 132 Å². The van der Waals surface area contributed by atoms with Gasteiger partial charge in [0.25, 0.3) is 0 Å². The molecule has 0 fully saturated rings. The molecule has 1 aliphatic heterocycles. The van der Waals surface area contributed by atoms with Crippen LogP contribution in [0.1, 0.15) is 40.3 Å². The number of hydrogen-bond donors (Lipinski definition) is 3. The molecule has 1 unspecified atom stereocenters. The molecule has 38 heavy (non-hydrogen) atoms. The number of hydrogen-bond acceptors (Lipinski definition) is 8. The maximum absolute atomic E-state index is 15.9. The zero-order valence-corrected chi connectivity index (χ0v) is 21.0. The van der Waals surface area contributed by atoms with Gasteiger partial charge in [0.2, 0.25) is 11.5 Å². The summed E-state index contributed by atoms with van der Waals surface area (Å²) in [5.41, 5.74) is 1.27. The van der Waals surface area contributed by atoms with Gasteiger partial charge in [0, 0.05) is 17.4 Å². The first-order chi connectivity index (χ1) is 18.4. The Labute approximate surface area is 216 Å². The van der Waals surface area contributed by atoms with Crippen molar-refractivity contribution in [2.75, 3.05) is 32.2 Å². The standard InChI is InChI=1S/C26H26FN5O6/c1-4-36-25(33)16-9-10-28-24(16)32-26(34)30-23(31-32)20(29-15-7-5-14(2)6-8-15)17-13-18(35-3)21-22(19(17)27)38-12-11-37-21/h5-10,13,20,28-29H,4,11-12H2,1-3H3,(H,30,31,34). The van der Waals surface area contributed by atoms with Gasteiger partial charge in [-0.2, -0.15) is 4.68 Å². The number of halogens is 1. The van der Waals surface area contributed by atoms with Crippen LogP contribution in [0.2, 0.25) is 0 Å². The largest absolute Gasteiger partial charge is 0.493 e. The molecule has 11 nitrogen and oxygen atoms in total. The van der Waals surface area contributed by atoms with Crippen LogP contribution in [0, 0.1) is 12.7 Å². The first-order valence-corrected chi connectivity index (χ1v) is 11.9. The van der Waals surface area contributed by atoms with Crippen LogP contribution in [0.25, 0.3) is 5.82 Å². The first kappa shape index (κ1) is 24.9. The second-order valence-electron chi connectivity index (χ2n) is 8.47. The average molecular weight is 524 g/mol. The van der Waals surface area contributed by atoms with Gasteiger partial charge in [-0.25, -0.2) is 14.0 Å². The Morgan fingerprint density at radius 2 is 1.95 bits per heavy atom. The van der Waals surface area contributed by atoms with Crippen LogP contribution in [0.4, 0.5) is 10.1 Å². The summed E-state index contributed by atoms with van der Waals surface area (Å²) >= 11 is 0. The van der Waals surface area contributed by atoms with E-state index in [1.54, 1.807) is 6.92 Å². The molecule has 198 valence electrons. The molecule has 0 saturated heterocycles. The molecule has 1 atom stereocenters. The predicted molar refractivity (Wildman–Crippen MR) is 135 cm³/mol. The van der Waals surface area contributed by atoms with Crippen molar-refractivity contribution in [1.82, 2.24) is 19.7 Å². The number of anilines is 1. The third-order valence-electron chi connectivity index (χ3n) is 5.98. The number of carbonyl (C=O) groups excluding carboxylic acids is 1. The van der Waals surface area contributed by atoms with E-state index in [1.165, 1.54) is 25.4 Å². The average Bonchev–Trinajstić information content (AvgIpc) is 3.56. The van der Waals surface area contributed by atoms with Crippen molar-refractivity contribution in [1.29, 1.82) is 0 Å². The molecule has 0 saturated carbocycles. The second kappa shape index (κ2) is 10.3. The number of benzene rings is 2. The minimum Gasteiger partial charge on any atom is -0.493 e.